The second kappa shape index (κ2) is 8.99. The smallest absolute Gasteiger partial charge is 0.307 e. The van der Waals surface area contributed by atoms with E-state index in [9.17, 15) is 9.59 Å². The van der Waals surface area contributed by atoms with E-state index in [-0.39, 0.29) is 11.8 Å². The van der Waals surface area contributed by atoms with Gasteiger partial charge < -0.3 is 5.32 Å². The summed E-state index contributed by atoms with van der Waals surface area (Å²) in [4.78, 5) is 33.4. The van der Waals surface area contributed by atoms with Crippen LogP contribution < -0.4 is 10.6 Å². The maximum atomic E-state index is 12.4. The van der Waals surface area contributed by atoms with Crippen LogP contribution in [-0.4, -0.2) is 27.2 Å². The fourth-order valence-corrected chi connectivity index (χ4v) is 3.35. The van der Waals surface area contributed by atoms with Crippen molar-refractivity contribution in [1.29, 1.82) is 0 Å². The van der Waals surface area contributed by atoms with Gasteiger partial charge >= 0.3 is 6.03 Å². The molecule has 2 N–H and O–H groups in total. The number of nitrogens with zero attached hydrogens (tertiary/aromatic N) is 2. The largest absolute Gasteiger partial charge is 0.325 e. The molecule has 0 radical (unpaired) electrons. The van der Waals surface area contributed by atoms with Gasteiger partial charge in [-0.3, -0.25) is 10.1 Å². The first-order valence-corrected chi connectivity index (χ1v) is 9.75. The minimum Gasteiger partial charge on any atom is -0.307 e. The monoisotopic (exact) mass is 386 g/mol. The lowest BCUT2D eigenvalue weighted by Gasteiger charge is -2.14. The van der Waals surface area contributed by atoms with Gasteiger partial charge in [0.05, 0.1) is 5.25 Å². The van der Waals surface area contributed by atoms with Crippen LogP contribution in [0.3, 0.4) is 0 Å². The van der Waals surface area contributed by atoms with Crippen LogP contribution in [0, 0.1) is 20.8 Å². The van der Waals surface area contributed by atoms with Gasteiger partial charge in [-0.1, -0.05) is 43.3 Å². The summed E-state index contributed by atoms with van der Waals surface area (Å²) in [5.41, 5.74) is 3.59. The lowest BCUT2D eigenvalue weighted by Crippen LogP contribution is -2.39. The van der Waals surface area contributed by atoms with Crippen molar-refractivity contribution >= 4 is 29.4 Å². The molecule has 144 valence electrons. The number of imide groups is 1. The maximum Gasteiger partial charge on any atom is 0.325 e. The fraction of sp³-hybridized carbons (Fsp3) is 0.400. The van der Waals surface area contributed by atoms with E-state index in [1.54, 1.807) is 6.92 Å². The average Bonchev–Trinajstić information content (AvgIpc) is 2.56. The Balaban J connectivity index is 1.98. The molecule has 1 aromatic carbocycles. The Bertz CT molecular complexity index is 852. The van der Waals surface area contributed by atoms with Gasteiger partial charge in [0, 0.05) is 17.3 Å². The number of amides is 3. The summed E-state index contributed by atoms with van der Waals surface area (Å²) in [7, 11) is 0. The lowest BCUT2D eigenvalue weighted by molar-refractivity contribution is -0.119. The van der Waals surface area contributed by atoms with Crippen molar-refractivity contribution in [2.45, 2.75) is 57.7 Å². The third-order valence-electron chi connectivity index (χ3n) is 3.90. The van der Waals surface area contributed by atoms with E-state index < -0.39 is 11.3 Å². The molecule has 1 aromatic heterocycles. The molecule has 0 spiro atoms. The number of urea groups is 1. The Hall–Kier alpha value is -2.41. The summed E-state index contributed by atoms with van der Waals surface area (Å²) in [6.07, 6.45) is 0. The average molecular weight is 387 g/mol. The second-order valence-corrected chi connectivity index (χ2v) is 8.24. The number of thioether (sulfide) groups is 1. The topological polar surface area (TPSA) is 84.0 Å². The third-order valence-corrected chi connectivity index (χ3v) is 4.92. The summed E-state index contributed by atoms with van der Waals surface area (Å²) in [6.45, 7) is 11.6. The van der Waals surface area contributed by atoms with Crippen molar-refractivity contribution < 1.29 is 9.59 Å². The molecule has 1 heterocycles. The highest BCUT2D eigenvalue weighted by Crippen LogP contribution is 2.24. The van der Waals surface area contributed by atoms with Crippen molar-refractivity contribution in [3.05, 3.63) is 46.9 Å². The van der Waals surface area contributed by atoms with Crippen molar-refractivity contribution in [2.24, 2.45) is 0 Å². The number of hydrogen-bond acceptors (Lipinski definition) is 5. The number of benzene rings is 1. The number of anilines is 1. The summed E-state index contributed by atoms with van der Waals surface area (Å²) in [6, 6.07) is 7.01. The number of aryl methyl sites for hydroxylation is 3. The molecule has 1 atom stereocenters. The first kappa shape index (κ1) is 20.9. The van der Waals surface area contributed by atoms with E-state index in [1.165, 1.54) is 11.8 Å². The Kier molecular flexibility index (Phi) is 6.96. The first-order valence-electron chi connectivity index (χ1n) is 8.87. The zero-order valence-electron chi connectivity index (χ0n) is 16.6. The van der Waals surface area contributed by atoms with Crippen LogP contribution in [0.1, 0.15) is 49.3 Å². The van der Waals surface area contributed by atoms with Crippen molar-refractivity contribution in [3.63, 3.8) is 0 Å². The van der Waals surface area contributed by atoms with Crippen LogP contribution >= 0.6 is 11.8 Å². The lowest BCUT2D eigenvalue weighted by atomic mass is 10.1. The third kappa shape index (κ3) is 6.06. The Morgan fingerprint density at radius 3 is 2.37 bits per heavy atom. The molecule has 0 aliphatic carbocycles. The van der Waals surface area contributed by atoms with Crippen LogP contribution in [0.5, 0.6) is 0 Å². The van der Waals surface area contributed by atoms with Gasteiger partial charge in [0.1, 0.15) is 10.9 Å². The quantitative estimate of drug-likeness (QED) is 0.589. The molecule has 0 aliphatic heterocycles. The highest BCUT2D eigenvalue weighted by molar-refractivity contribution is 8.00. The maximum absolute atomic E-state index is 12.4. The molecule has 7 heteroatoms. The van der Waals surface area contributed by atoms with E-state index in [1.807, 2.05) is 58.9 Å². The molecule has 0 fully saturated rings. The molecule has 3 amide bonds. The highest BCUT2D eigenvalue weighted by Gasteiger charge is 2.19. The van der Waals surface area contributed by atoms with Crippen LogP contribution in [0.2, 0.25) is 0 Å². The van der Waals surface area contributed by atoms with Crippen LogP contribution in [0.25, 0.3) is 0 Å². The predicted octanol–water partition coefficient (Wildman–Crippen LogP) is 4.35. The number of hydrogen-bond donors (Lipinski definition) is 2. The zero-order chi connectivity index (χ0) is 20.1. The molecule has 0 bridgehead atoms. The first-order chi connectivity index (χ1) is 12.7. The van der Waals surface area contributed by atoms with Crippen molar-refractivity contribution in [2.75, 3.05) is 5.32 Å². The van der Waals surface area contributed by atoms with Gasteiger partial charge in [-0.2, -0.15) is 0 Å². The number of nitrogens with one attached hydrogen (secondary N) is 2. The summed E-state index contributed by atoms with van der Waals surface area (Å²) in [5, 5.41) is 5.36. The second-order valence-electron chi connectivity index (χ2n) is 6.88. The van der Waals surface area contributed by atoms with E-state index >= 15 is 0 Å². The molecular weight excluding hydrogens is 360 g/mol. The Morgan fingerprint density at radius 2 is 1.74 bits per heavy atom. The van der Waals surface area contributed by atoms with Crippen LogP contribution in [-0.2, 0) is 4.79 Å². The minimum absolute atomic E-state index is 0.205. The normalized spacial score (nSPS) is 12.0. The Labute approximate surface area is 164 Å². The summed E-state index contributed by atoms with van der Waals surface area (Å²) >= 11 is 1.31. The van der Waals surface area contributed by atoms with E-state index in [0.29, 0.717) is 5.69 Å². The number of carbonyl (C=O) groups is 2. The molecule has 2 rings (SSSR count). The zero-order valence-corrected chi connectivity index (χ0v) is 17.4. The van der Waals surface area contributed by atoms with Crippen molar-refractivity contribution in [1.82, 2.24) is 15.3 Å². The van der Waals surface area contributed by atoms with Gasteiger partial charge in [-0.05, 0) is 45.4 Å². The molecule has 6 nitrogen and oxygen atoms in total. The fourth-order valence-electron chi connectivity index (χ4n) is 2.44. The highest BCUT2D eigenvalue weighted by atomic mass is 32.2. The number of rotatable bonds is 5. The van der Waals surface area contributed by atoms with Gasteiger partial charge in [0.25, 0.3) is 0 Å². The number of carbonyl (C=O) groups excluding carboxylic acids is 2. The van der Waals surface area contributed by atoms with Gasteiger partial charge in [-0.25, -0.2) is 14.8 Å². The van der Waals surface area contributed by atoms with Gasteiger partial charge in [-0.15, -0.1) is 0 Å². The standard InChI is InChI=1S/C20H26N4O2S/c1-11(2)18-21-14(5)10-17(23-18)27-15(6)19(25)24-20(26)22-16-8-7-12(3)9-13(16)4/h7-11,15H,1-6H3,(H2,22,24,25,26). The van der Waals surface area contributed by atoms with E-state index in [4.69, 9.17) is 0 Å². The molecule has 0 saturated heterocycles. The van der Waals surface area contributed by atoms with Crippen molar-refractivity contribution in [3.8, 4) is 0 Å². The molecule has 1 unspecified atom stereocenters. The molecule has 0 aliphatic rings. The predicted molar refractivity (Wildman–Crippen MR) is 109 cm³/mol. The van der Waals surface area contributed by atoms with E-state index in [0.717, 1.165) is 27.7 Å². The molecule has 27 heavy (non-hydrogen) atoms. The van der Waals surface area contributed by atoms with Gasteiger partial charge in [0.15, 0.2) is 0 Å². The molecule has 0 saturated carbocycles. The molecule has 2 aromatic rings. The molecular formula is C20H26N4O2S. The summed E-state index contributed by atoms with van der Waals surface area (Å²) < 4.78 is 0. The SMILES string of the molecule is Cc1ccc(NC(=O)NC(=O)C(C)Sc2cc(C)nc(C(C)C)n2)c(C)c1. The summed E-state index contributed by atoms with van der Waals surface area (Å²) in [5.74, 6) is 0.583. The van der Waals surface area contributed by atoms with E-state index in [2.05, 4.69) is 20.6 Å². The number of aromatic nitrogens is 2. The van der Waals surface area contributed by atoms with Gasteiger partial charge in [0.2, 0.25) is 5.91 Å². The Morgan fingerprint density at radius 1 is 1.04 bits per heavy atom. The van der Waals surface area contributed by atoms with Crippen LogP contribution in [0.4, 0.5) is 10.5 Å². The minimum atomic E-state index is -0.541. The van der Waals surface area contributed by atoms with Crippen LogP contribution in [0.15, 0.2) is 29.3 Å².